The highest BCUT2D eigenvalue weighted by atomic mass is 19.1. The van der Waals surface area contributed by atoms with Gasteiger partial charge in [-0.3, -0.25) is 9.69 Å². The number of hydrogen-bond acceptors (Lipinski definition) is 4. The van der Waals surface area contributed by atoms with Crippen molar-refractivity contribution in [1.82, 2.24) is 10.2 Å². The van der Waals surface area contributed by atoms with Crippen LogP contribution in [-0.4, -0.2) is 41.3 Å². The van der Waals surface area contributed by atoms with E-state index in [-0.39, 0.29) is 17.3 Å². The number of carbonyl (C=O) groups is 1. The van der Waals surface area contributed by atoms with Gasteiger partial charge in [-0.1, -0.05) is 24.2 Å². The van der Waals surface area contributed by atoms with Gasteiger partial charge < -0.3 is 10.2 Å². The monoisotopic (exact) mass is 333 g/mol. The third kappa shape index (κ3) is 3.59. The van der Waals surface area contributed by atoms with E-state index in [4.69, 9.17) is 4.84 Å². The predicted molar refractivity (Wildman–Crippen MR) is 90.1 cm³/mol. The summed E-state index contributed by atoms with van der Waals surface area (Å²) in [5.74, 6) is -0.495. The topological polar surface area (TPSA) is 53.9 Å². The minimum Gasteiger partial charge on any atom is -0.387 e. The van der Waals surface area contributed by atoms with Gasteiger partial charge in [0.05, 0.1) is 0 Å². The van der Waals surface area contributed by atoms with Crippen molar-refractivity contribution in [2.75, 3.05) is 13.1 Å². The first-order valence-corrected chi connectivity index (χ1v) is 8.53. The van der Waals surface area contributed by atoms with E-state index >= 15 is 0 Å². The Morgan fingerprint density at radius 3 is 2.92 bits per heavy atom. The van der Waals surface area contributed by atoms with Crippen LogP contribution in [0.5, 0.6) is 0 Å². The molecule has 1 saturated heterocycles. The maximum Gasteiger partial charge on any atom is 0.269 e. The van der Waals surface area contributed by atoms with Crippen molar-refractivity contribution in [3.05, 3.63) is 35.6 Å². The first-order valence-electron chi connectivity index (χ1n) is 8.53. The van der Waals surface area contributed by atoms with E-state index in [1.807, 2.05) is 0 Å². The molecule has 2 heterocycles. The summed E-state index contributed by atoms with van der Waals surface area (Å²) in [6.45, 7) is 6.54. The lowest BCUT2D eigenvalue weighted by Gasteiger charge is -2.25. The van der Waals surface area contributed by atoms with Crippen LogP contribution in [0.1, 0.15) is 38.7 Å². The van der Waals surface area contributed by atoms with Crippen LogP contribution in [0.15, 0.2) is 29.4 Å². The third-order valence-corrected chi connectivity index (χ3v) is 5.03. The molecular formula is C18H24FN3O2. The van der Waals surface area contributed by atoms with Crippen molar-refractivity contribution in [3.8, 4) is 0 Å². The van der Waals surface area contributed by atoms with Crippen LogP contribution in [0.2, 0.25) is 0 Å². The van der Waals surface area contributed by atoms with Gasteiger partial charge in [-0.15, -0.1) is 0 Å². The molecule has 0 radical (unpaired) electrons. The number of likely N-dealkylation sites (tertiary alicyclic amines) is 1. The molecule has 0 aliphatic carbocycles. The van der Waals surface area contributed by atoms with Crippen molar-refractivity contribution < 1.29 is 14.0 Å². The molecule has 0 saturated carbocycles. The molecule has 130 valence electrons. The lowest BCUT2D eigenvalue weighted by Crippen LogP contribution is -2.39. The van der Waals surface area contributed by atoms with Gasteiger partial charge in [0, 0.05) is 38.5 Å². The Morgan fingerprint density at radius 1 is 1.46 bits per heavy atom. The maximum absolute atomic E-state index is 12.9. The molecule has 2 unspecified atom stereocenters. The number of carbonyl (C=O) groups excluding carboxylic acids is 1. The number of nitrogens with zero attached hydrogens (tertiary/aromatic N) is 2. The van der Waals surface area contributed by atoms with Gasteiger partial charge >= 0.3 is 0 Å². The molecule has 1 fully saturated rings. The fourth-order valence-corrected chi connectivity index (χ4v) is 3.26. The summed E-state index contributed by atoms with van der Waals surface area (Å²) in [7, 11) is 0. The summed E-state index contributed by atoms with van der Waals surface area (Å²) in [5, 5.41) is 6.86. The number of amides is 1. The van der Waals surface area contributed by atoms with E-state index < -0.39 is 0 Å². The van der Waals surface area contributed by atoms with Gasteiger partial charge in [0.15, 0.2) is 5.60 Å². The summed E-state index contributed by atoms with van der Waals surface area (Å²) < 4.78 is 12.9. The van der Waals surface area contributed by atoms with Gasteiger partial charge in [-0.05, 0) is 31.0 Å². The predicted octanol–water partition coefficient (Wildman–Crippen LogP) is 2.46. The molecule has 1 spiro atoms. The van der Waals surface area contributed by atoms with Gasteiger partial charge in [0.1, 0.15) is 11.5 Å². The smallest absolute Gasteiger partial charge is 0.269 e. The molecule has 0 bridgehead atoms. The van der Waals surface area contributed by atoms with E-state index in [9.17, 15) is 9.18 Å². The number of rotatable bonds is 5. The Bertz CT molecular complexity index is 632. The second-order valence-corrected chi connectivity index (χ2v) is 6.78. The Kier molecular flexibility index (Phi) is 4.85. The number of hydrogen-bond donors (Lipinski definition) is 1. The molecule has 24 heavy (non-hydrogen) atoms. The number of benzene rings is 1. The van der Waals surface area contributed by atoms with E-state index in [2.05, 4.69) is 29.2 Å². The molecule has 1 aromatic rings. The van der Waals surface area contributed by atoms with Gasteiger partial charge in [0.25, 0.3) is 5.91 Å². The van der Waals surface area contributed by atoms with Crippen molar-refractivity contribution in [2.24, 2.45) is 5.16 Å². The van der Waals surface area contributed by atoms with Crippen LogP contribution in [-0.2, 0) is 16.2 Å². The highest BCUT2D eigenvalue weighted by Crippen LogP contribution is 2.35. The third-order valence-electron chi connectivity index (χ3n) is 5.03. The van der Waals surface area contributed by atoms with Crippen LogP contribution in [0.4, 0.5) is 4.39 Å². The second-order valence-electron chi connectivity index (χ2n) is 6.78. The average molecular weight is 333 g/mol. The molecular weight excluding hydrogens is 309 g/mol. The van der Waals surface area contributed by atoms with Gasteiger partial charge in [0.2, 0.25) is 0 Å². The number of halogens is 1. The molecule has 3 rings (SSSR count). The summed E-state index contributed by atoms with van der Waals surface area (Å²) in [5.41, 5.74) is 0.956. The summed E-state index contributed by atoms with van der Waals surface area (Å²) in [4.78, 5) is 20.3. The molecule has 2 atom stereocenters. The van der Waals surface area contributed by atoms with Crippen LogP contribution in [0, 0.1) is 5.82 Å². The Labute approximate surface area is 141 Å². The van der Waals surface area contributed by atoms with E-state index in [0.717, 1.165) is 31.5 Å². The molecule has 2 aliphatic heterocycles. The lowest BCUT2D eigenvalue weighted by atomic mass is 9.96. The minimum atomic E-state index is -0.341. The van der Waals surface area contributed by atoms with E-state index in [1.54, 1.807) is 12.1 Å². The molecule has 1 N–H and O–H groups in total. The van der Waals surface area contributed by atoms with Crippen LogP contribution >= 0.6 is 0 Å². The highest BCUT2D eigenvalue weighted by molar-refractivity contribution is 6.39. The first-order chi connectivity index (χ1) is 11.5. The largest absolute Gasteiger partial charge is 0.387 e. The van der Waals surface area contributed by atoms with Crippen LogP contribution in [0.3, 0.4) is 0 Å². The zero-order chi connectivity index (χ0) is 17.2. The molecule has 1 amide bonds. The number of oxime groups is 1. The van der Waals surface area contributed by atoms with Crippen molar-refractivity contribution in [2.45, 2.75) is 51.3 Å². The fraction of sp³-hybridized carbons (Fsp3) is 0.556. The van der Waals surface area contributed by atoms with E-state index in [0.29, 0.717) is 24.7 Å². The maximum atomic E-state index is 12.9. The molecule has 5 nitrogen and oxygen atoms in total. The van der Waals surface area contributed by atoms with Gasteiger partial charge in [-0.2, -0.15) is 0 Å². The molecule has 1 aromatic carbocycles. The quantitative estimate of drug-likeness (QED) is 0.900. The summed E-state index contributed by atoms with van der Waals surface area (Å²) in [6, 6.07) is 6.60. The normalized spacial score (nSPS) is 24.7. The number of nitrogens with one attached hydrogen (secondary N) is 1. The van der Waals surface area contributed by atoms with Crippen molar-refractivity contribution in [1.29, 1.82) is 0 Å². The van der Waals surface area contributed by atoms with Crippen LogP contribution in [0.25, 0.3) is 0 Å². The summed E-state index contributed by atoms with van der Waals surface area (Å²) >= 11 is 0. The standard InChI is InChI=1S/C18H24FN3O2/c1-3-13(2)22-9-8-18(12-22)10-16(21-24-18)17(23)20-11-14-4-6-15(19)7-5-14/h4-7,13H,3,8-12H2,1-2H3,(H,20,23). The fourth-order valence-electron chi connectivity index (χ4n) is 3.26. The Balaban J connectivity index is 1.52. The Morgan fingerprint density at radius 2 is 2.21 bits per heavy atom. The molecule has 0 aromatic heterocycles. The SMILES string of the molecule is CCC(C)N1CCC2(CC(C(=O)NCc3ccc(F)cc3)=NO2)C1. The first kappa shape index (κ1) is 16.9. The highest BCUT2D eigenvalue weighted by Gasteiger charge is 2.47. The van der Waals surface area contributed by atoms with E-state index in [1.165, 1.54) is 12.1 Å². The molecule has 2 aliphatic rings. The van der Waals surface area contributed by atoms with Crippen LogP contribution < -0.4 is 5.32 Å². The lowest BCUT2D eigenvalue weighted by molar-refractivity contribution is -0.115. The zero-order valence-corrected chi connectivity index (χ0v) is 14.2. The zero-order valence-electron chi connectivity index (χ0n) is 14.2. The minimum absolute atomic E-state index is 0.210. The Hall–Kier alpha value is -1.95. The van der Waals surface area contributed by atoms with Crippen molar-refractivity contribution >= 4 is 11.6 Å². The van der Waals surface area contributed by atoms with Gasteiger partial charge in [-0.25, -0.2) is 4.39 Å². The average Bonchev–Trinajstić information content (AvgIpc) is 3.21. The summed E-state index contributed by atoms with van der Waals surface area (Å²) in [6.07, 6.45) is 2.55. The second kappa shape index (κ2) is 6.89. The van der Waals surface area contributed by atoms with Crippen molar-refractivity contribution in [3.63, 3.8) is 0 Å². The molecule has 6 heteroatoms.